The summed E-state index contributed by atoms with van der Waals surface area (Å²) in [6, 6.07) is 9.74. The number of carbonyl (C=O) groups is 3. The van der Waals surface area contributed by atoms with Crippen molar-refractivity contribution in [2.75, 3.05) is 18.1 Å². The zero-order valence-electron chi connectivity index (χ0n) is 16.1. The lowest BCUT2D eigenvalue weighted by Gasteiger charge is -2.23. The van der Waals surface area contributed by atoms with Crippen molar-refractivity contribution in [2.45, 2.75) is 25.8 Å². The van der Waals surface area contributed by atoms with Crippen molar-refractivity contribution in [3.8, 4) is 11.3 Å². The van der Waals surface area contributed by atoms with E-state index in [4.69, 9.17) is 9.15 Å². The quantitative estimate of drug-likeness (QED) is 0.562. The maximum absolute atomic E-state index is 12.1. The molecule has 1 fully saturated rings. The minimum atomic E-state index is -3.16. The number of sulfone groups is 1. The predicted octanol–water partition coefficient (Wildman–Crippen LogP) is 2.00. The van der Waals surface area contributed by atoms with Gasteiger partial charge in [0.1, 0.15) is 5.76 Å². The summed E-state index contributed by atoms with van der Waals surface area (Å²) in [4.78, 5) is 35.5. The van der Waals surface area contributed by atoms with E-state index in [1.807, 2.05) is 0 Å². The van der Waals surface area contributed by atoms with Crippen LogP contribution in [0.25, 0.3) is 11.3 Å². The summed E-state index contributed by atoms with van der Waals surface area (Å²) in [5, 5.41) is 2.61. The maximum Gasteiger partial charge on any atom is 0.374 e. The third-order valence-corrected chi connectivity index (χ3v) is 6.57. The number of Topliss-reactive ketones (excluding diaryl/α,β-unsaturated/α-hetero) is 1. The van der Waals surface area contributed by atoms with Gasteiger partial charge in [-0.2, -0.15) is 0 Å². The van der Waals surface area contributed by atoms with Crippen LogP contribution in [0.15, 0.2) is 40.8 Å². The Kier molecular flexibility index (Phi) is 5.61. The third-order valence-electron chi connectivity index (χ3n) is 4.66. The van der Waals surface area contributed by atoms with Crippen LogP contribution in [-0.2, 0) is 19.4 Å². The summed E-state index contributed by atoms with van der Waals surface area (Å²) in [5.74, 6) is -1.21. The van der Waals surface area contributed by atoms with E-state index in [1.165, 1.54) is 13.0 Å². The minimum Gasteiger partial charge on any atom is -0.450 e. The second kappa shape index (κ2) is 7.82. The first-order valence-corrected chi connectivity index (χ1v) is 10.8. The highest BCUT2D eigenvalue weighted by molar-refractivity contribution is 7.91. The van der Waals surface area contributed by atoms with Gasteiger partial charge in [-0.05, 0) is 32.4 Å². The van der Waals surface area contributed by atoms with Gasteiger partial charge in [0.2, 0.25) is 5.76 Å². The number of furan rings is 1. The van der Waals surface area contributed by atoms with Gasteiger partial charge in [0, 0.05) is 11.1 Å². The van der Waals surface area contributed by atoms with Crippen molar-refractivity contribution in [1.82, 2.24) is 5.32 Å². The largest absolute Gasteiger partial charge is 0.450 e. The molecule has 0 spiro atoms. The van der Waals surface area contributed by atoms with E-state index >= 15 is 0 Å². The van der Waals surface area contributed by atoms with E-state index in [9.17, 15) is 22.8 Å². The van der Waals surface area contributed by atoms with E-state index in [1.54, 1.807) is 37.3 Å². The molecule has 0 unspecified atom stereocenters. The maximum atomic E-state index is 12.1. The Morgan fingerprint density at radius 3 is 2.41 bits per heavy atom. The molecule has 154 valence electrons. The standard InChI is InChI=1S/C20H21NO7S/c1-13(22)14-3-5-15(6-4-14)16-7-8-17(28-16)19(24)27-11-18(23)21-20(2)9-10-29(25,26)12-20/h3-8H,9-12H2,1-2H3,(H,21,23)/t20-/m0/s1. The number of rotatable bonds is 6. The molecular formula is C20H21NO7S. The number of amides is 1. The van der Waals surface area contributed by atoms with Gasteiger partial charge >= 0.3 is 5.97 Å². The SMILES string of the molecule is CC(=O)c1ccc(-c2ccc(C(=O)OCC(=O)N[C@@]3(C)CCS(=O)(=O)C3)o2)cc1. The number of hydrogen-bond donors (Lipinski definition) is 1. The van der Waals surface area contributed by atoms with Crippen LogP contribution >= 0.6 is 0 Å². The lowest BCUT2D eigenvalue weighted by atomic mass is 10.0. The van der Waals surface area contributed by atoms with Crippen LogP contribution in [-0.4, -0.2) is 49.7 Å². The zero-order valence-corrected chi connectivity index (χ0v) is 16.9. The Bertz CT molecular complexity index is 1050. The van der Waals surface area contributed by atoms with E-state index in [0.717, 1.165) is 0 Å². The summed E-state index contributed by atoms with van der Waals surface area (Å²) < 4.78 is 33.6. The smallest absolute Gasteiger partial charge is 0.374 e. The van der Waals surface area contributed by atoms with Crippen molar-refractivity contribution in [1.29, 1.82) is 0 Å². The Hall–Kier alpha value is -2.94. The Morgan fingerprint density at radius 2 is 1.83 bits per heavy atom. The van der Waals surface area contributed by atoms with Crippen LogP contribution in [0.5, 0.6) is 0 Å². The molecule has 1 saturated heterocycles. The minimum absolute atomic E-state index is 0.0200. The van der Waals surface area contributed by atoms with Gasteiger partial charge in [-0.1, -0.05) is 24.3 Å². The van der Waals surface area contributed by atoms with Crippen LogP contribution in [0.3, 0.4) is 0 Å². The molecule has 8 nitrogen and oxygen atoms in total. The molecule has 2 heterocycles. The fourth-order valence-electron chi connectivity index (χ4n) is 3.16. The van der Waals surface area contributed by atoms with Crippen molar-refractivity contribution < 1.29 is 32.0 Å². The van der Waals surface area contributed by atoms with Crippen LogP contribution in [0.1, 0.15) is 41.2 Å². The summed E-state index contributed by atoms with van der Waals surface area (Å²) in [5.41, 5.74) is 0.392. The topological polar surface area (TPSA) is 120 Å². The monoisotopic (exact) mass is 419 g/mol. The summed E-state index contributed by atoms with van der Waals surface area (Å²) in [6.45, 7) is 2.57. The normalized spacial score (nSPS) is 20.2. The molecule has 0 bridgehead atoms. The van der Waals surface area contributed by atoms with Gasteiger partial charge < -0.3 is 14.5 Å². The molecular weight excluding hydrogens is 398 g/mol. The molecule has 1 atom stereocenters. The van der Waals surface area contributed by atoms with Crippen molar-refractivity contribution in [3.05, 3.63) is 47.7 Å². The highest BCUT2D eigenvalue weighted by Gasteiger charge is 2.39. The fourth-order valence-corrected chi connectivity index (χ4v) is 5.25. The molecule has 0 saturated carbocycles. The van der Waals surface area contributed by atoms with Gasteiger partial charge in [-0.15, -0.1) is 0 Å². The van der Waals surface area contributed by atoms with Gasteiger partial charge in [0.15, 0.2) is 22.2 Å². The Labute approximate surface area is 168 Å². The van der Waals surface area contributed by atoms with Gasteiger partial charge in [0.05, 0.1) is 17.0 Å². The number of ketones is 1. The molecule has 9 heteroatoms. The molecule has 3 rings (SSSR count). The molecule has 1 aromatic heterocycles. The van der Waals surface area contributed by atoms with Crippen LogP contribution < -0.4 is 5.32 Å². The number of hydrogen-bond acceptors (Lipinski definition) is 7. The summed E-state index contributed by atoms with van der Waals surface area (Å²) in [7, 11) is -3.16. The number of carbonyl (C=O) groups excluding carboxylic acids is 3. The molecule has 1 aromatic carbocycles. The molecule has 1 amide bonds. The summed E-state index contributed by atoms with van der Waals surface area (Å²) in [6.07, 6.45) is 0.318. The third kappa shape index (κ3) is 5.11. The number of nitrogens with one attached hydrogen (secondary N) is 1. The molecule has 0 radical (unpaired) electrons. The highest BCUT2D eigenvalue weighted by Crippen LogP contribution is 2.24. The van der Waals surface area contributed by atoms with E-state index < -0.39 is 33.9 Å². The molecule has 1 aliphatic rings. The van der Waals surface area contributed by atoms with Crippen molar-refractivity contribution in [2.24, 2.45) is 0 Å². The Balaban J connectivity index is 1.56. The average Bonchev–Trinajstić information content (AvgIpc) is 3.24. The summed E-state index contributed by atoms with van der Waals surface area (Å²) >= 11 is 0. The number of esters is 1. The van der Waals surface area contributed by atoms with Crippen molar-refractivity contribution >= 4 is 27.5 Å². The number of benzene rings is 1. The average molecular weight is 419 g/mol. The van der Waals surface area contributed by atoms with Crippen molar-refractivity contribution in [3.63, 3.8) is 0 Å². The van der Waals surface area contributed by atoms with Crippen LogP contribution in [0, 0.1) is 0 Å². The molecule has 1 N–H and O–H groups in total. The second-order valence-corrected chi connectivity index (χ2v) is 9.51. The molecule has 0 aliphatic carbocycles. The van der Waals surface area contributed by atoms with Gasteiger partial charge in [0.25, 0.3) is 5.91 Å². The van der Waals surface area contributed by atoms with Gasteiger partial charge in [-0.25, -0.2) is 13.2 Å². The molecule has 1 aliphatic heterocycles. The van der Waals surface area contributed by atoms with E-state index in [0.29, 0.717) is 23.3 Å². The molecule has 29 heavy (non-hydrogen) atoms. The lowest BCUT2D eigenvalue weighted by molar-refractivity contribution is -0.125. The number of ether oxygens (including phenoxy) is 1. The predicted molar refractivity (Wildman–Crippen MR) is 104 cm³/mol. The van der Waals surface area contributed by atoms with Crippen LogP contribution in [0.2, 0.25) is 0 Å². The fraction of sp³-hybridized carbons (Fsp3) is 0.350. The first-order chi connectivity index (χ1) is 13.6. The highest BCUT2D eigenvalue weighted by atomic mass is 32.2. The molecule has 2 aromatic rings. The Morgan fingerprint density at radius 1 is 1.14 bits per heavy atom. The first kappa shape index (κ1) is 20.8. The van der Waals surface area contributed by atoms with Crippen LogP contribution in [0.4, 0.5) is 0 Å². The van der Waals surface area contributed by atoms with Gasteiger partial charge in [-0.3, -0.25) is 9.59 Å². The lowest BCUT2D eigenvalue weighted by Crippen LogP contribution is -2.48. The second-order valence-electron chi connectivity index (χ2n) is 7.32. The van der Waals surface area contributed by atoms with E-state index in [2.05, 4.69) is 5.32 Å². The zero-order chi connectivity index (χ0) is 21.2. The first-order valence-electron chi connectivity index (χ1n) is 8.97. The van der Waals surface area contributed by atoms with E-state index in [-0.39, 0.29) is 23.0 Å².